The van der Waals surface area contributed by atoms with Gasteiger partial charge in [-0.15, -0.1) is 0 Å². The predicted octanol–water partition coefficient (Wildman–Crippen LogP) is 2.24. The van der Waals surface area contributed by atoms with Crippen molar-refractivity contribution >= 4 is 21.7 Å². The van der Waals surface area contributed by atoms with Crippen LogP contribution in [0.2, 0.25) is 0 Å². The minimum absolute atomic E-state index is 0.187. The van der Waals surface area contributed by atoms with E-state index >= 15 is 0 Å². The molecule has 0 fully saturated rings. The zero-order valence-corrected chi connectivity index (χ0v) is 16.2. The minimum Gasteiger partial charge on any atom is -0.429 e. The van der Waals surface area contributed by atoms with Crippen LogP contribution >= 0.6 is 0 Å². The lowest BCUT2D eigenvalue weighted by atomic mass is 9.99. The average molecular weight is 403 g/mol. The third-order valence-electron chi connectivity index (χ3n) is 5.64. The van der Waals surface area contributed by atoms with E-state index in [4.69, 9.17) is 9.15 Å². The molecule has 2 aliphatic carbocycles. The van der Waals surface area contributed by atoms with Gasteiger partial charge in [-0.05, 0) is 60.8 Å². The van der Waals surface area contributed by atoms with Crippen LogP contribution in [0.5, 0.6) is 0 Å². The first kappa shape index (κ1) is 17.7. The van der Waals surface area contributed by atoms with Gasteiger partial charge in [0.15, 0.2) is 5.76 Å². The lowest BCUT2D eigenvalue weighted by Gasteiger charge is -2.16. The number of anilines is 1. The van der Waals surface area contributed by atoms with Gasteiger partial charge in [-0.25, -0.2) is 14.5 Å². The van der Waals surface area contributed by atoms with Crippen molar-refractivity contribution in [1.29, 1.82) is 0 Å². The maximum absolute atomic E-state index is 12.5. The molecule has 0 bridgehead atoms. The van der Waals surface area contributed by atoms with Crippen molar-refractivity contribution in [2.75, 3.05) is 11.9 Å². The van der Waals surface area contributed by atoms with Crippen LogP contribution in [-0.4, -0.2) is 26.0 Å². The Morgan fingerprint density at radius 3 is 2.43 bits per heavy atom. The zero-order chi connectivity index (χ0) is 19.3. The second-order valence-electron chi connectivity index (χ2n) is 7.45. The Kier molecular flexibility index (Phi) is 4.17. The summed E-state index contributed by atoms with van der Waals surface area (Å²) in [5.41, 5.74) is 6.15. The van der Waals surface area contributed by atoms with Crippen molar-refractivity contribution in [1.82, 2.24) is 9.71 Å². The molecule has 0 spiro atoms. The number of oxazole rings is 1. The Labute approximate surface area is 162 Å². The number of amides is 2. The largest absolute Gasteiger partial charge is 0.429 e. The molecule has 1 aromatic carbocycles. The molecule has 0 saturated carbocycles. The maximum atomic E-state index is 12.5. The van der Waals surface area contributed by atoms with Gasteiger partial charge in [-0.2, -0.15) is 8.42 Å². The number of carbonyl (C=O) groups excluding carboxylic acids is 1. The fourth-order valence-electron chi connectivity index (χ4n) is 4.39. The number of carbonyl (C=O) groups is 1. The number of aromatic nitrogens is 1. The topological polar surface area (TPSA) is 111 Å². The first-order chi connectivity index (χ1) is 13.5. The molecule has 1 aliphatic heterocycles. The molecule has 5 rings (SSSR count). The number of benzene rings is 1. The van der Waals surface area contributed by atoms with Gasteiger partial charge in [0, 0.05) is 12.1 Å². The summed E-state index contributed by atoms with van der Waals surface area (Å²) >= 11 is 0. The van der Waals surface area contributed by atoms with Crippen LogP contribution in [0.4, 0.5) is 10.5 Å². The van der Waals surface area contributed by atoms with E-state index in [-0.39, 0.29) is 6.61 Å². The van der Waals surface area contributed by atoms with Crippen molar-refractivity contribution in [3.8, 4) is 0 Å². The first-order valence-electron chi connectivity index (χ1n) is 9.58. The van der Waals surface area contributed by atoms with Gasteiger partial charge in [0.25, 0.3) is 0 Å². The van der Waals surface area contributed by atoms with Crippen LogP contribution in [0.3, 0.4) is 0 Å². The van der Waals surface area contributed by atoms with Gasteiger partial charge in [0.1, 0.15) is 6.61 Å². The first-order valence-corrected chi connectivity index (χ1v) is 11.1. The number of hydrogen-bond donors (Lipinski definition) is 2. The van der Waals surface area contributed by atoms with Gasteiger partial charge in [0.2, 0.25) is 0 Å². The molecule has 2 heterocycles. The van der Waals surface area contributed by atoms with Crippen LogP contribution in [0.25, 0.3) is 0 Å². The maximum Gasteiger partial charge on any atom is 0.336 e. The molecule has 0 atom stereocenters. The highest BCUT2D eigenvalue weighted by atomic mass is 32.2. The second-order valence-corrected chi connectivity index (χ2v) is 9.01. The highest BCUT2D eigenvalue weighted by molar-refractivity contribution is 7.89. The Hall–Kier alpha value is -2.39. The monoisotopic (exact) mass is 403 g/mol. The summed E-state index contributed by atoms with van der Waals surface area (Å²) in [6.07, 6.45) is 6.40. The highest BCUT2D eigenvalue weighted by Crippen LogP contribution is 2.38. The van der Waals surface area contributed by atoms with Crippen LogP contribution in [-0.2, 0) is 53.5 Å². The molecule has 0 saturated heterocycles. The summed E-state index contributed by atoms with van der Waals surface area (Å²) in [4.78, 5) is 16.6. The number of nitrogens with one attached hydrogen (secondary N) is 2. The van der Waals surface area contributed by atoms with E-state index in [2.05, 4.69) is 16.4 Å². The van der Waals surface area contributed by atoms with E-state index in [1.54, 1.807) is 0 Å². The standard InChI is InChI=1S/C19H21N3O5S/c23-18(22-28(24,25)19-20-15-7-8-26-10-16(15)27-19)21-17-13-5-1-3-11(13)9-12-4-2-6-14(12)17/h9H,1-8,10H2,(H2,21,22,23). The summed E-state index contributed by atoms with van der Waals surface area (Å²) in [7, 11) is -4.20. The van der Waals surface area contributed by atoms with Crippen molar-refractivity contribution in [3.63, 3.8) is 0 Å². The van der Waals surface area contributed by atoms with Crippen molar-refractivity contribution in [2.45, 2.75) is 56.8 Å². The van der Waals surface area contributed by atoms with Crippen molar-refractivity contribution in [2.24, 2.45) is 0 Å². The molecule has 2 aromatic rings. The molecule has 8 nitrogen and oxygen atoms in total. The van der Waals surface area contributed by atoms with Crippen LogP contribution in [0.15, 0.2) is 15.7 Å². The molecule has 0 unspecified atom stereocenters. The van der Waals surface area contributed by atoms with E-state index in [0.717, 1.165) is 55.3 Å². The molecule has 28 heavy (non-hydrogen) atoms. The fourth-order valence-corrected chi connectivity index (χ4v) is 5.21. The van der Waals surface area contributed by atoms with Crippen molar-refractivity contribution in [3.05, 3.63) is 39.8 Å². The Morgan fingerprint density at radius 1 is 1.04 bits per heavy atom. The summed E-state index contributed by atoms with van der Waals surface area (Å²) in [6.45, 7) is 0.656. The molecule has 0 radical (unpaired) electrons. The number of rotatable bonds is 3. The normalized spacial score (nSPS) is 17.7. The van der Waals surface area contributed by atoms with E-state index in [0.29, 0.717) is 24.5 Å². The molecule has 3 aliphatic rings. The number of fused-ring (bicyclic) bond motifs is 3. The number of sulfonamides is 1. The number of urea groups is 1. The third kappa shape index (κ3) is 2.98. The Morgan fingerprint density at radius 2 is 1.75 bits per heavy atom. The quantitative estimate of drug-likeness (QED) is 0.813. The van der Waals surface area contributed by atoms with Gasteiger partial charge < -0.3 is 14.5 Å². The summed E-state index contributed by atoms with van der Waals surface area (Å²) in [6, 6.07) is 1.46. The molecule has 148 valence electrons. The zero-order valence-electron chi connectivity index (χ0n) is 15.3. The van der Waals surface area contributed by atoms with Crippen LogP contribution in [0, 0.1) is 0 Å². The number of hydrogen-bond acceptors (Lipinski definition) is 6. The third-order valence-corrected chi connectivity index (χ3v) is 6.73. The van der Waals surface area contributed by atoms with E-state index < -0.39 is 21.3 Å². The molecule has 2 amide bonds. The average Bonchev–Trinajstić information content (AvgIpc) is 3.39. The van der Waals surface area contributed by atoms with Crippen LogP contribution < -0.4 is 10.0 Å². The number of ether oxygens (including phenoxy) is 1. The summed E-state index contributed by atoms with van der Waals surface area (Å²) in [5.74, 6) is 0.394. The summed E-state index contributed by atoms with van der Waals surface area (Å²) < 4.78 is 37.7. The molecule has 9 heteroatoms. The van der Waals surface area contributed by atoms with Gasteiger partial charge in [-0.1, -0.05) is 6.07 Å². The van der Waals surface area contributed by atoms with Gasteiger partial charge >= 0.3 is 21.3 Å². The summed E-state index contributed by atoms with van der Waals surface area (Å²) in [5, 5.41) is 2.31. The highest BCUT2D eigenvalue weighted by Gasteiger charge is 2.30. The van der Waals surface area contributed by atoms with Gasteiger partial charge in [0.05, 0.1) is 12.3 Å². The predicted molar refractivity (Wildman–Crippen MR) is 99.7 cm³/mol. The number of nitrogens with zero attached hydrogens (tertiary/aromatic N) is 1. The SMILES string of the molecule is O=C(Nc1c2c(cc3c1CCC3)CCC2)NS(=O)(=O)c1nc2c(o1)COCC2. The molecule has 1 aromatic heterocycles. The van der Waals surface area contributed by atoms with Crippen molar-refractivity contribution < 1.29 is 22.4 Å². The van der Waals surface area contributed by atoms with E-state index in [9.17, 15) is 13.2 Å². The molecular weight excluding hydrogens is 382 g/mol. The lowest BCUT2D eigenvalue weighted by molar-refractivity contribution is 0.0911. The van der Waals surface area contributed by atoms with Crippen LogP contribution in [0.1, 0.15) is 46.5 Å². The second kappa shape index (κ2) is 6.59. The Bertz CT molecular complexity index is 1020. The lowest BCUT2D eigenvalue weighted by Crippen LogP contribution is -2.35. The Balaban J connectivity index is 1.39. The van der Waals surface area contributed by atoms with E-state index in [1.165, 1.54) is 11.1 Å². The molecular formula is C19H21N3O5S. The smallest absolute Gasteiger partial charge is 0.336 e. The fraction of sp³-hybridized carbons (Fsp3) is 0.474. The molecule has 2 N–H and O–H groups in total. The van der Waals surface area contributed by atoms with E-state index in [1.807, 2.05) is 4.72 Å². The number of aryl methyl sites for hydroxylation is 2. The minimum atomic E-state index is -4.20. The van der Waals surface area contributed by atoms with Gasteiger partial charge in [-0.3, -0.25) is 0 Å².